The van der Waals surface area contributed by atoms with Crippen molar-refractivity contribution in [2.24, 2.45) is 0 Å². The topological polar surface area (TPSA) is 80.0 Å². The number of carboxylic acid groups (broad SMARTS) is 1. The van der Waals surface area contributed by atoms with Gasteiger partial charge in [0.2, 0.25) is 5.95 Å². The lowest BCUT2D eigenvalue weighted by Gasteiger charge is -2.13. The molecule has 1 aromatic carbocycles. The second-order valence-corrected chi connectivity index (χ2v) is 6.45. The molecule has 0 radical (unpaired) electrons. The van der Waals surface area contributed by atoms with Gasteiger partial charge in [-0.3, -0.25) is 0 Å². The first-order valence-corrected chi connectivity index (χ1v) is 9.43. The van der Waals surface area contributed by atoms with E-state index in [0.717, 1.165) is 41.5 Å². The number of benzene rings is 1. The number of rotatable bonds is 9. The quantitative estimate of drug-likeness (QED) is 0.420. The smallest absolute Gasteiger partial charge is 0.328 e. The van der Waals surface area contributed by atoms with Crippen molar-refractivity contribution < 1.29 is 9.90 Å². The monoisotopic (exact) mass is 376 g/mol. The molecule has 144 valence electrons. The molecular formula is C22H24N4O2. The van der Waals surface area contributed by atoms with Gasteiger partial charge in [-0.25, -0.2) is 9.78 Å². The second-order valence-electron chi connectivity index (χ2n) is 6.45. The first-order valence-electron chi connectivity index (χ1n) is 9.43. The summed E-state index contributed by atoms with van der Waals surface area (Å²) < 4.78 is 1.95. The van der Waals surface area contributed by atoms with Crippen molar-refractivity contribution in [1.29, 1.82) is 0 Å². The van der Waals surface area contributed by atoms with Crippen LogP contribution in [0.1, 0.15) is 31.7 Å². The summed E-state index contributed by atoms with van der Waals surface area (Å²) >= 11 is 0. The molecule has 2 aromatic heterocycles. The number of nitrogens with one attached hydrogen (secondary N) is 1. The molecule has 3 rings (SSSR count). The van der Waals surface area contributed by atoms with Crippen LogP contribution in [0.3, 0.4) is 0 Å². The first kappa shape index (κ1) is 19.4. The van der Waals surface area contributed by atoms with Gasteiger partial charge in [0.05, 0.1) is 0 Å². The van der Waals surface area contributed by atoms with Crippen molar-refractivity contribution in [2.45, 2.75) is 26.2 Å². The average molecular weight is 376 g/mol. The average Bonchev–Trinajstić information content (AvgIpc) is 3.24. The Bertz CT molecular complexity index is 949. The second kappa shape index (κ2) is 9.50. The van der Waals surface area contributed by atoms with E-state index in [4.69, 9.17) is 10.1 Å². The van der Waals surface area contributed by atoms with Gasteiger partial charge in [0, 0.05) is 36.8 Å². The molecule has 0 unspecified atom stereocenters. The standard InChI is InChI=1S/C22H24N4O2/c1-2-3-4-12-23-22-24-16-19(21(25-22)26-13-5-6-14-26)18-9-7-8-17(15-18)10-11-20(27)28/h5-11,13-16H,2-4,12H2,1H3,(H,27,28)(H,23,24,25). The van der Waals surface area contributed by atoms with Crippen molar-refractivity contribution in [1.82, 2.24) is 14.5 Å². The lowest BCUT2D eigenvalue weighted by atomic mass is 10.0. The molecule has 0 spiro atoms. The number of hydrogen-bond donors (Lipinski definition) is 2. The molecule has 2 N–H and O–H groups in total. The van der Waals surface area contributed by atoms with Gasteiger partial charge in [-0.1, -0.05) is 38.0 Å². The van der Waals surface area contributed by atoms with Gasteiger partial charge in [0.25, 0.3) is 0 Å². The zero-order valence-corrected chi connectivity index (χ0v) is 15.9. The Morgan fingerprint density at radius 3 is 2.79 bits per heavy atom. The van der Waals surface area contributed by atoms with E-state index in [-0.39, 0.29) is 0 Å². The lowest BCUT2D eigenvalue weighted by molar-refractivity contribution is -0.131. The number of hydrogen-bond acceptors (Lipinski definition) is 4. The number of carbonyl (C=O) groups is 1. The van der Waals surface area contributed by atoms with Crippen LogP contribution in [0.25, 0.3) is 23.0 Å². The van der Waals surface area contributed by atoms with Crippen molar-refractivity contribution in [2.75, 3.05) is 11.9 Å². The van der Waals surface area contributed by atoms with Crippen molar-refractivity contribution in [3.8, 4) is 16.9 Å². The summed E-state index contributed by atoms with van der Waals surface area (Å²) in [5, 5.41) is 12.1. The molecule has 0 amide bonds. The first-order chi connectivity index (χ1) is 13.7. The van der Waals surface area contributed by atoms with Crippen LogP contribution < -0.4 is 5.32 Å². The highest BCUT2D eigenvalue weighted by molar-refractivity contribution is 5.85. The molecule has 0 fully saturated rings. The third kappa shape index (κ3) is 5.07. The van der Waals surface area contributed by atoms with Gasteiger partial charge in [-0.15, -0.1) is 0 Å². The summed E-state index contributed by atoms with van der Waals surface area (Å²) in [6.45, 7) is 3.02. The maximum absolute atomic E-state index is 10.8. The van der Waals surface area contributed by atoms with E-state index in [1.807, 2.05) is 59.6 Å². The molecule has 6 heteroatoms. The molecule has 6 nitrogen and oxygen atoms in total. The number of carboxylic acids is 1. The number of aliphatic carboxylic acids is 1. The molecular weight excluding hydrogens is 352 g/mol. The minimum atomic E-state index is -0.972. The van der Waals surface area contributed by atoms with E-state index in [1.54, 1.807) is 6.08 Å². The van der Waals surface area contributed by atoms with Gasteiger partial charge < -0.3 is 15.0 Å². The summed E-state index contributed by atoms with van der Waals surface area (Å²) in [7, 11) is 0. The van der Waals surface area contributed by atoms with Gasteiger partial charge in [-0.05, 0) is 41.8 Å². The summed E-state index contributed by atoms with van der Waals surface area (Å²) in [5.74, 6) is 0.406. The third-order valence-corrected chi connectivity index (χ3v) is 4.30. The molecule has 0 aliphatic carbocycles. The highest BCUT2D eigenvalue weighted by atomic mass is 16.4. The Morgan fingerprint density at radius 2 is 2.04 bits per heavy atom. The summed E-state index contributed by atoms with van der Waals surface area (Å²) in [6.07, 6.45) is 11.8. The Balaban J connectivity index is 1.94. The van der Waals surface area contributed by atoms with Gasteiger partial charge in [0.1, 0.15) is 5.82 Å². The predicted molar refractivity (Wildman–Crippen MR) is 111 cm³/mol. The molecule has 0 saturated heterocycles. The number of unbranched alkanes of at least 4 members (excludes halogenated alkanes) is 2. The zero-order valence-electron chi connectivity index (χ0n) is 15.9. The summed E-state index contributed by atoms with van der Waals surface area (Å²) in [5.41, 5.74) is 2.61. The Labute approximate surface area is 164 Å². The highest BCUT2D eigenvalue weighted by Crippen LogP contribution is 2.27. The van der Waals surface area contributed by atoms with E-state index in [9.17, 15) is 4.79 Å². The molecule has 0 aliphatic heterocycles. The van der Waals surface area contributed by atoms with Crippen molar-refractivity contribution in [3.63, 3.8) is 0 Å². The fourth-order valence-electron chi connectivity index (χ4n) is 2.89. The maximum atomic E-state index is 10.8. The van der Waals surface area contributed by atoms with E-state index >= 15 is 0 Å². The molecule has 28 heavy (non-hydrogen) atoms. The van der Waals surface area contributed by atoms with Crippen LogP contribution in [0.15, 0.2) is 61.1 Å². The van der Waals surface area contributed by atoms with E-state index in [1.165, 1.54) is 12.8 Å². The molecule has 0 aliphatic rings. The van der Waals surface area contributed by atoms with Crippen LogP contribution >= 0.6 is 0 Å². The van der Waals surface area contributed by atoms with Crippen molar-refractivity contribution >= 4 is 18.0 Å². The fourth-order valence-corrected chi connectivity index (χ4v) is 2.89. The summed E-state index contributed by atoms with van der Waals surface area (Å²) in [6, 6.07) is 11.6. The number of anilines is 1. The van der Waals surface area contributed by atoms with Crippen LogP contribution in [0.2, 0.25) is 0 Å². The number of nitrogens with zero attached hydrogens (tertiary/aromatic N) is 3. The lowest BCUT2D eigenvalue weighted by Crippen LogP contribution is -2.08. The summed E-state index contributed by atoms with van der Waals surface area (Å²) in [4.78, 5) is 20.0. The minimum absolute atomic E-state index is 0.602. The van der Waals surface area contributed by atoms with Crippen LogP contribution in [0.4, 0.5) is 5.95 Å². The third-order valence-electron chi connectivity index (χ3n) is 4.30. The Morgan fingerprint density at radius 1 is 1.21 bits per heavy atom. The van der Waals surface area contributed by atoms with Gasteiger partial charge >= 0.3 is 5.97 Å². The molecule has 2 heterocycles. The van der Waals surface area contributed by atoms with Crippen LogP contribution in [-0.2, 0) is 4.79 Å². The molecule has 0 saturated carbocycles. The Hall–Kier alpha value is -3.41. The maximum Gasteiger partial charge on any atom is 0.328 e. The zero-order chi connectivity index (χ0) is 19.8. The normalized spacial score (nSPS) is 11.0. The molecule has 0 atom stereocenters. The largest absolute Gasteiger partial charge is 0.478 e. The van der Waals surface area contributed by atoms with E-state index in [2.05, 4.69) is 17.2 Å². The van der Waals surface area contributed by atoms with Gasteiger partial charge in [0.15, 0.2) is 0 Å². The van der Waals surface area contributed by atoms with Crippen LogP contribution in [0, 0.1) is 0 Å². The van der Waals surface area contributed by atoms with Crippen LogP contribution in [0.5, 0.6) is 0 Å². The highest BCUT2D eigenvalue weighted by Gasteiger charge is 2.11. The Kier molecular flexibility index (Phi) is 6.57. The SMILES string of the molecule is CCCCCNc1ncc(-c2cccc(C=CC(=O)O)c2)c(-n2cccc2)n1. The predicted octanol–water partition coefficient (Wildman–Crippen LogP) is 4.63. The minimum Gasteiger partial charge on any atom is -0.478 e. The molecule has 3 aromatic rings. The van der Waals surface area contributed by atoms with E-state index in [0.29, 0.717) is 5.95 Å². The fraction of sp³-hybridized carbons (Fsp3) is 0.227. The molecule has 0 bridgehead atoms. The van der Waals surface area contributed by atoms with Crippen molar-refractivity contribution in [3.05, 3.63) is 66.6 Å². The van der Waals surface area contributed by atoms with Crippen LogP contribution in [-0.4, -0.2) is 32.2 Å². The van der Waals surface area contributed by atoms with E-state index < -0.39 is 5.97 Å². The number of aromatic nitrogens is 3. The van der Waals surface area contributed by atoms with Gasteiger partial charge in [-0.2, -0.15) is 4.98 Å².